The summed E-state index contributed by atoms with van der Waals surface area (Å²) in [6, 6.07) is 6.23. The Labute approximate surface area is 181 Å². The quantitative estimate of drug-likeness (QED) is 0.659. The van der Waals surface area contributed by atoms with Crippen LogP contribution in [-0.4, -0.2) is 43.3 Å². The summed E-state index contributed by atoms with van der Waals surface area (Å²) in [5, 5.41) is 19.9. The normalized spacial score (nSPS) is 17.0. The zero-order valence-electron chi connectivity index (χ0n) is 16.9. The Hall–Kier alpha value is -3.07. The third kappa shape index (κ3) is 3.63. The van der Waals surface area contributed by atoms with Crippen molar-refractivity contribution in [3.05, 3.63) is 62.8 Å². The Morgan fingerprint density at radius 3 is 2.65 bits per heavy atom. The predicted octanol–water partition coefficient (Wildman–Crippen LogP) is 3.06. The van der Waals surface area contributed by atoms with E-state index in [2.05, 4.69) is 10.2 Å². The van der Waals surface area contributed by atoms with E-state index in [1.807, 2.05) is 6.92 Å². The fourth-order valence-electron chi connectivity index (χ4n) is 4.09. The van der Waals surface area contributed by atoms with Gasteiger partial charge in [0.05, 0.1) is 5.56 Å². The summed E-state index contributed by atoms with van der Waals surface area (Å²) in [6.45, 7) is 3.07. The number of benzene rings is 1. The van der Waals surface area contributed by atoms with Crippen LogP contribution in [0.3, 0.4) is 0 Å². The van der Waals surface area contributed by atoms with Gasteiger partial charge in [-0.3, -0.25) is 9.59 Å². The van der Waals surface area contributed by atoms with Gasteiger partial charge in [-0.15, -0.1) is 10.2 Å². The van der Waals surface area contributed by atoms with Gasteiger partial charge < -0.3 is 14.6 Å². The first-order chi connectivity index (χ1) is 14.9. The van der Waals surface area contributed by atoms with Crippen molar-refractivity contribution in [1.82, 2.24) is 19.7 Å². The van der Waals surface area contributed by atoms with Crippen molar-refractivity contribution in [3.63, 3.8) is 0 Å². The number of hydrogen-bond acceptors (Lipinski definition) is 6. The van der Waals surface area contributed by atoms with Crippen molar-refractivity contribution in [1.29, 1.82) is 0 Å². The molecular formula is C22H21FN4O3S. The number of carbonyl (C=O) groups is 1. The summed E-state index contributed by atoms with van der Waals surface area (Å²) in [5.41, 5.74) is 0.527. The van der Waals surface area contributed by atoms with Gasteiger partial charge in [0.15, 0.2) is 16.5 Å². The highest BCUT2D eigenvalue weighted by atomic mass is 32.1. The van der Waals surface area contributed by atoms with Gasteiger partial charge in [-0.1, -0.05) is 23.5 Å². The first-order valence-corrected chi connectivity index (χ1v) is 11.1. The maximum absolute atomic E-state index is 13.1. The summed E-state index contributed by atoms with van der Waals surface area (Å²) < 4.78 is 14.7. The molecule has 2 aliphatic rings. The third-order valence-corrected chi connectivity index (χ3v) is 7.02. The van der Waals surface area contributed by atoms with Crippen molar-refractivity contribution in [2.75, 3.05) is 6.54 Å². The van der Waals surface area contributed by atoms with Crippen LogP contribution in [0.5, 0.6) is 5.75 Å². The van der Waals surface area contributed by atoms with Crippen molar-refractivity contribution in [3.8, 4) is 16.3 Å². The van der Waals surface area contributed by atoms with Gasteiger partial charge in [-0.05, 0) is 43.4 Å². The molecule has 1 atom stereocenters. The monoisotopic (exact) mass is 440 g/mol. The van der Waals surface area contributed by atoms with Crippen molar-refractivity contribution >= 4 is 17.2 Å². The minimum Gasteiger partial charge on any atom is -0.503 e. The topological polar surface area (TPSA) is 88.3 Å². The average Bonchev–Trinajstić information content (AvgIpc) is 3.51. The molecule has 1 N–H and O–H groups in total. The lowest BCUT2D eigenvalue weighted by Gasteiger charge is -2.35. The minimum atomic E-state index is -0.620. The van der Waals surface area contributed by atoms with Crippen LogP contribution in [0.2, 0.25) is 0 Å². The van der Waals surface area contributed by atoms with Gasteiger partial charge in [0.2, 0.25) is 5.43 Å². The van der Waals surface area contributed by atoms with Crippen LogP contribution in [0.15, 0.2) is 35.3 Å². The first-order valence-electron chi connectivity index (χ1n) is 10.3. The van der Waals surface area contributed by atoms with Crippen LogP contribution < -0.4 is 5.43 Å². The predicted molar refractivity (Wildman–Crippen MR) is 114 cm³/mol. The van der Waals surface area contributed by atoms with E-state index < -0.39 is 11.2 Å². The number of hydrogen-bond donors (Lipinski definition) is 1. The van der Waals surface area contributed by atoms with Gasteiger partial charge >= 0.3 is 0 Å². The molecule has 1 aromatic carbocycles. The molecule has 0 radical (unpaired) electrons. The molecule has 5 rings (SSSR count). The molecule has 160 valence electrons. The molecule has 0 bridgehead atoms. The van der Waals surface area contributed by atoms with E-state index in [1.165, 1.54) is 23.5 Å². The van der Waals surface area contributed by atoms with E-state index in [1.54, 1.807) is 27.8 Å². The molecule has 1 unspecified atom stereocenters. The van der Waals surface area contributed by atoms with Gasteiger partial charge in [-0.25, -0.2) is 4.39 Å². The Bertz CT molecular complexity index is 1220. The van der Waals surface area contributed by atoms with E-state index in [9.17, 15) is 19.1 Å². The van der Waals surface area contributed by atoms with Gasteiger partial charge in [0, 0.05) is 31.7 Å². The highest BCUT2D eigenvalue weighted by Gasteiger charge is 2.38. The molecule has 1 amide bonds. The van der Waals surface area contributed by atoms with Crippen molar-refractivity contribution < 1.29 is 14.3 Å². The van der Waals surface area contributed by atoms with Gasteiger partial charge in [0.25, 0.3) is 5.91 Å². The van der Waals surface area contributed by atoms with Crippen molar-refractivity contribution in [2.45, 2.75) is 38.8 Å². The number of carbonyl (C=O) groups excluding carboxylic acids is 1. The third-order valence-electron chi connectivity index (χ3n) is 6.06. The molecule has 7 nitrogen and oxygen atoms in total. The number of amides is 1. The second-order valence-corrected chi connectivity index (χ2v) is 9.21. The summed E-state index contributed by atoms with van der Waals surface area (Å²) in [4.78, 5) is 27.6. The number of rotatable bonds is 5. The molecule has 1 aliphatic carbocycles. The highest BCUT2D eigenvalue weighted by Crippen LogP contribution is 2.37. The Morgan fingerprint density at radius 2 is 1.94 bits per heavy atom. The lowest BCUT2D eigenvalue weighted by molar-refractivity contribution is 0.0604. The summed E-state index contributed by atoms with van der Waals surface area (Å²) in [7, 11) is 0. The lowest BCUT2D eigenvalue weighted by Crippen LogP contribution is -2.47. The number of aromatic hydroxyl groups is 1. The molecule has 9 heteroatoms. The molecule has 31 heavy (non-hydrogen) atoms. The molecule has 0 saturated heterocycles. The Kier molecular flexibility index (Phi) is 4.85. The lowest BCUT2D eigenvalue weighted by atomic mass is 10.1. The zero-order chi connectivity index (χ0) is 21.7. The first kappa shape index (κ1) is 19.9. The fraction of sp³-hybridized carbons (Fsp3) is 0.364. The number of nitrogens with zero attached hydrogens (tertiary/aromatic N) is 4. The highest BCUT2D eigenvalue weighted by molar-refractivity contribution is 7.14. The van der Waals surface area contributed by atoms with Crippen LogP contribution in [0.1, 0.15) is 40.8 Å². The molecule has 1 fully saturated rings. The van der Waals surface area contributed by atoms with Crippen LogP contribution in [-0.2, 0) is 13.0 Å². The largest absolute Gasteiger partial charge is 0.503 e. The maximum atomic E-state index is 13.1. The number of pyridine rings is 1. The smallest absolute Gasteiger partial charge is 0.274 e. The molecule has 3 aromatic rings. The van der Waals surface area contributed by atoms with E-state index >= 15 is 0 Å². The van der Waals surface area contributed by atoms with E-state index in [4.69, 9.17) is 0 Å². The SMILES string of the molecule is CC(C1CC1)N1CCn2cc(-c3nnc(Cc4ccc(F)cc4)s3)c(=O)c(O)c2C1=O. The second-order valence-electron chi connectivity index (χ2n) is 8.14. The van der Waals surface area contributed by atoms with Crippen LogP contribution in [0.4, 0.5) is 4.39 Å². The van der Waals surface area contributed by atoms with Gasteiger partial charge in [-0.2, -0.15) is 0 Å². The Morgan fingerprint density at radius 1 is 1.19 bits per heavy atom. The minimum absolute atomic E-state index is 0.0450. The number of fused-ring (bicyclic) bond motifs is 1. The van der Waals surface area contributed by atoms with Crippen LogP contribution >= 0.6 is 11.3 Å². The van der Waals surface area contributed by atoms with Gasteiger partial charge in [0.1, 0.15) is 10.8 Å². The fourth-order valence-corrected chi connectivity index (χ4v) is 4.97. The molecular weight excluding hydrogens is 419 g/mol. The molecule has 2 aromatic heterocycles. The summed E-state index contributed by atoms with van der Waals surface area (Å²) >= 11 is 1.24. The van der Waals surface area contributed by atoms with E-state index in [0.717, 1.165) is 18.4 Å². The van der Waals surface area contributed by atoms with Crippen LogP contribution in [0, 0.1) is 11.7 Å². The number of aromatic nitrogens is 3. The van der Waals surface area contributed by atoms with E-state index in [0.29, 0.717) is 35.4 Å². The van der Waals surface area contributed by atoms with Crippen molar-refractivity contribution in [2.24, 2.45) is 5.92 Å². The molecule has 3 heterocycles. The number of halogens is 1. The second kappa shape index (κ2) is 7.56. The summed E-state index contributed by atoms with van der Waals surface area (Å²) in [5.74, 6) is -0.644. The van der Waals surface area contributed by atoms with E-state index in [-0.39, 0.29) is 29.0 Å². The summed E-state index contributed by atoms with van der Waals surface area (Å²) in [6.07, 6.45) is 4.28. The van der Waals surface area contributed by atoms with Crippen LogP contribution in [0.25, 0.3) is 10.6 Å². The average molecular weight is 441 g/mol. The standard InChI is InChI=1S/C22H21FN4O3S/c1-12(14-4-5-14)27-9-8-26-11-16(19(28)20(29)18(26)22(27)30)21-25-24-17(31-21)10-13-2-6-15(23)7-3-13/h2-3,6-7,11-12,14,29H,4-5,8-10H2,1H3. The Balaban J connectivity index is 1.45. The molecule has 1 aliphatic heterocycles. The molecule has 0 spiro atoms. The zero-order valence-corrected chi connectivity index (χ0v) is 17.7. The molecule has 1 saturated carbocycles. The maximum Gasteiger partial charge on any atom is 0.274 e.